The van der Waals surface area contributed by atoms with Crippen molar-refractivity contribution < 1.29 is 22.4 Å². The molecule has 1 N–H and O–H groups in total. The van der Waals surface area contributed by atoms with E-state index in [1.54, 1.807) is 25.1 Å². The van der Waals surface area contributed by atoms with Gasteiger partial charge < -0.3 is 10.2 Å². The van der Waals surface area contributed by atoms with Crippen molar-refractivity contribution in [3.05, 3.63) is 63.9 Å². The highest BCUT2D eigenvalue weighted by atomic mass is 79.9. The highest BCUT2D eigenvalue weighted by Gasteiger charge is 2.29. The number of sulfonamides is 1. The number of nitrogens with zero attached hydrogens (tertiary/aromatic N) is 2. The van der Waals surface area contributed by atoms with Gasteiger partial charge in [-0.3, -0.25) is 13.9 Å². The number of halogens is 2. The summed E-state index contributed by atoms with van der Waals surface area (Å²) in [5.41, 5.74) is 1.75. The molecule has 0 saturated heterocycles. The summed E-state index contributed by atoms with van der Waals surface area (Å²) >= 11 is 3.37. The van der Waals surface area contributed by atoms with Crippen LogP contribution in [0.5, 0.6) is 0 Å². The van der Waals surface area contributed by atoms with E-state index < -0.39 is 40.2 Å². The van der Waals surface area contributed by atoms with Gasteiger partial charge in [-0.15, -0.1) is 0 Å². The molecule has 0 aromatic heterocycles. The Morgan fingerprint density at radius 1 is 1.16 bits per heavy atom. The van der Waals surface area contributed by atoms with Crippen LogP contribution in [0.1, 0.15) is 18.1 Å². The third-order valence-corrected chi connectivity index (χ3v) is 6.82. The first-order valence-electron chi connectivity index (χ1n) is 9.43. The van der Waals surface area contributed by atoms with Gasteiger partial charge in [0.05, 0.1) is 11.9 Å². The molecule has 0 unspecified atom stereocenters. The van der Waals surface area contributed by atoms with Crippen LogP contribution in [0.2, 0.25) is 0 Å². The molecular weight excluding hydrogens is 489 g/mol. The number of benzene rings is 2. The van der Waals surface area contributed by atoms with E-state index >= 15 is 0 Å². The molecule has 2 aromatic carbocycles. The van der Waals surface area contributed by atoms with Crippen LogP contribution >= 0.6 is 15.9 Å². The van der Waals surface area contributed by atoms with Crippen LogP contribution < -0.4 is 9.62 Å². The number of carbonyl (C=O) groups excluding carboxylic acids is 2. The molecule has 0 fully saturated rings. The van der Waals surface area contributed by atoms with E-state index in [0.29, 0.717) is 11.3 Å². The quantitative estimate of drug-likeness (QED) is 0.587. The molecule has 2 amide bonds. The van der Waals surface area contributed by atoms with Crippen LogP contribution in [0.3, 0.4) is 0 Å². The number of rotatable bonds is 8. The van der Waals surface area contributed by atoms with Gasteiger partial charge >= 0.3 is 0 Å². The molecule has 0 spiro atoms. The zero-order valence-corrected chi connectivity index (χ0v) is 20.1. The molecule has 0 radical (unpaired) electrons. The first-order chi connectivity index (χ1) is 14.4. The van der Waals surface area contributed by atoms with Crippen molar-refractivity contribution >= 4 is 43.5 Å². The largest absolute Gasteiger partial charge is 0.357 e. The van der Waals surface area contributed by atoms with Crippen LogP contribution in [-0.2, 0) is 26.2 Å². The molecule has 10 heteroatoms. The van der Waals surface area contributed by atoms with Crippen molar-refractivity contribution in [2.75, 3.05) is 24.2 Å². The number of hydrogen-bond donors (Lipinski definition) is 1. The minimum atomic E-state index is -3.79. The fourth-order valence-corrected chi connectivity index (χ4v) is 4.06. The van der Waals surface area contributed by atoms with Crippen molar-refractivity contribution in [3.8, 4) is 0 Å². The summed E-state index contributed by atoms with van der Waals surface area (Å²) in [7, 11) is -2.33. The lowest BCUT2D eigenvalue weighted by atomic mass is 10.1. The summed E-state index contributed by atoms with van der Waals surface area (Å²) in [5, 5.41) is 2.49. The van der Waals surface area contributed by atoms with Gasteiger partial charge in [0.15, 0.2) is 0 Å². The summed E-state index contributed by atoms with van der Waals surface area (Å²) in [5.74, 6) is -1.39. The minimum absolute atomic E-state index is 0.0185. The third-order valence-electron chi connectivity index (χ3n) is 4.79. The Balaban J connectivity index is 2.39. The predicted molar refractivity (Wildman–Crippen MR) is 122 cm³/mol. The van der Waals surface area contributed by atoms with Gasteiger partial charge in [-0.25, -0.2) is 12.8 Å². The van der Waals surface area contributed by atoms with Crippen LogP contribution in [0.4, 0.5) is 10.1 Å². The summed E-state index contributed by atoms with van der Waals surface area (Å²) in [6, 6.07) is 9.64. The molecule has 2 rings (SSSR count). The number of nitrogens with one attached hydrogen (secondary N) is 1. The van der Waals surface area contributed by atoms with Crippen molar-refractivity contribution in [2.45, 2.75) is 26.4 Å². The zero-order chi connectivity index (χ0) is 23.3. The van der Waals surface area contributed by atoms with Gasteiger partial charge in [0, 0.05) is 18.1 Å². The van der Waals surface area contributed by atoms with Crippen molar-refractivity contribution in [1.29, 1.82) is 0 Å². The summed E-state index contributed by atoms with van der Waals surface area (Å²) in [6.45, 7) is 2.90. The first kappa shape index (κ1) is 24.8. The van der Waals surface area contributed by atoms with Gasteiger partial charge in [0.1, 0.15) is 18.4 Å². The van der Waals surface area contributed by atoms with E-state index in [0.717, 1.165) is 20.6 Å². The molecule has 2 aromatic rings. The molecule has 1 atom stereocenters. The molecule has 0 aliphatic heterocycles. The number of likely N-dealkylation sites (N-methyl/N-ethyl adjacent to an activating group) is 1. The number of carbonyl (C=O) groups is 2. The third kappa shape index (κ3) is 6.51. The molecule has 168 valence electrons. The summed E-state index contributed by atoms with van der Waals surface area (Å²) in [4.78, 5) is 26.7. The number of hydrogen-bond acceptors (Lipinski definition) is 4. The highest BCUT2D eigenvalue weighted by molar-refractivity contribution is 9.10. The van der Waals surface area contributed by atoms with E-state index in [1.165, 1.54) is 36.2 Å². The van der Waals surface area contributed by atoms with Crippen molar-refractivity contribution in [3.63, 3.8) is 0 Å². The van der Waals surface area contributed by atoms with Crippen LogP contribution in [-0.4, -0.2) is 51.0 Å². The van der Waals surface area contributed by atoms with Gasteiger partial charge in [0.2, 0.25) is 21.8 Å². The second kappa shape index (κ2) is 10.2. The van der Waals surface area contributed by atoms with Gasteiger partial charge in [-0.05, 0) is 55.3 Å². The molecule has 31 heavy (non-hydrogen) atoms. The fourth-order valence-electron chi connectivity index (χ4n) is 2.98. The van der Waals surface area contributed by atoms with Gasteiger partial charge in [0.25, 0.3) is 0 Å². The Labute approximate surface area is 190 Å². The lowest BCUT2D eigenvalue weighted by Crippen LogP contribution is -2.50. The molecular formula is C21H25BrFN3O4S. The second-order valence-electron chi connectivity index (χ2n) is 7.14. The summed E-state index contributed by atoms with van der Waals surface area (Å²) < 4.78 is 40.0. The Morgan fingerprint density at radius 2 is 1.77 bits per heavy atom. The standard InChI is InChI=1S/C21H25BrFN3O4S/c1-14-11-18(9-10-19(14)22)26(31(4,29)30)13-20(27)25(15(2)21(28)24-3)12-16-5-7-17(23)8-6-16/h5-11,15H,12-13H2,1-4H3,(H,24,28)/t15-/m0/s1. The second-order valence-corrected chi connectivity index (χ2v) is 9.90. The molecule has 7 nitrogen and oxygen atoms in total. The van der Waals surface area contributed by atoms with Crippen LogP contribution in [0.25, 0.3) is 0 Å². The van der Waals surface area contributed by atoms with Crippen molar-refractivity contribution in [2.24, 2.45) is 0 Å². The Morgan fingerprint density at radius 3 is 2.29 bits per heavy atom. The lowest BCUT2D eigenvalue weighted by Gasteiger charge is -2.31. The average Bonchev–Trinajstić information content (AvgIpc) is 2.71. The van der Waals surface area contributed by atoms with Crippen molar-refractivity contribution in [1.82, 2.24) is 10.2 Å². The molecule has 0 aliphatic carbocycles. The Kier molecular flexibility index (Phi) is 8.19. The van der Waals surface area contributed by atoms with E-state index in [2.05, 4.69) is 21.2 Å². The van der Waals surface area contributed by atoms with E-state index in [9.17, 15) is 22.4 Å². The molecule has 0 heterocycles. The first-order valence-corrected chi connectivity index (χ1v) is 12.1. The van der Waals surface area contributed by atoms with Gasteiger partial charge in [-0.1, -0.05) is 28.1 Å². The normalized spacial score (nSPS) is 12.2. The monoisotopic (exact) mass is 513 g/mol. The number of amides is 2. The lowest BCUT2D eigenvalue weighted by molar-refractivity contribution is -0.139. The van der Waals surface area contributed by atoms with E-state index in [4.69, 9.17) is 0 Å². The number of anilines is 1. The zero-order valence-electron chi connectivity index (χ0n) is 17.7. The predicted octanol–water partition coefficient (Wildman–Crippen LogP) is 2.83. The SMILES string of the molecule is CNC(=O)[C@H](C)N(Cc1ccc(F)cc1)C(=O)CN(c1ccc(Br)c(C)c1)S(C)(=O)=O. The maximum Gasteiger partial charge on any atom is 0.244 e. The molecule has 0 saturated carbocycles. The Hall–Kier alpha value is -2.46. The Bertz CT molecular complexity index is 1060. The van der Waals surface area contributed by atoms with Crippen LogP contribution in [0.15, 0.2) is 46.9 Å². The topological polar surface area (TPSA) is 86.8 Å². The molecule has 0 aliphatic rings. The maximum atomic E-state index is 13.3. The molecule has 0 bridgehead atoms. The maximum absolute atomic E-state index is 13.3. The van der Waals surface area contributed by atoms with E-state index in [1.807, 2.05) is 6.92 Å². The van der Waals surface area contributed by atoms with Gasteiger partial charge in [-0.2, -0.15) is 0 Å². The van der Waals surface area contributed by atoms with E-state index in [-0.39, 0.29) is 6.54 Å². The van der Waals surface area contributed by atoms with Crippen LogP contribution in [0, 0.1) is 12.7 Å². The average molecular weight is 514 g/mol. The number of aryl methyl sites for hydroxylation is 1. The summed E-state index contributed by atoms with van der Waals surface area (Å²) in [6.07, 6.45) is 1.02. The smallest absolute Gasteiger partial charge is 0.244 e. The minimum Gasteiger partial charge on any atom is -0.357 e. The fraction of sp³-hybridized carbons (Fsp3) is 0.333. The highest BCUT2D eigenvalue weighted by Crippen LogP contribution is 2.25.